The molecule has 2 aromatic carbocycles. The molecule has 0 aliphatic carbocycles. The molecule has 0 bridgehead atoms. The zero-order valence-electron chi connectivity index (χ0n) is 18.0. The van der Waals surface area contributed by atoms with Crippen LogP contribution >= 0.6 is 0 Å². The van der Waals surface area contributed by atoms with Gasteiger partial charge in [0.2, 0.25) is 5.43 Å². The average molecular weight is 445 g/mol. The first kappa shape index (κ1) is 20.6. The molecule has 0 spiro atoms. The van der Waals surface area contributed by atoms with Gasteiger partial charge in [-0.15, -0.1) is 0 Å². The minimum atomic E-state index is -0.650. The van der Waals surface area contributed by atoms with E-state index in [1.165, 1.54) is 34.0 Å². The Morgan fingerprint density at radius 2 is 1.79 bits per heavy atom. The highest BCUT2D eigenvalue weighted by atomic mass is 19.1. The molecule has 1 amide bonds. The molecule has 9 heteroatoms. The molecule has 0 saturated carbocycles. The molecule has 0 N–H and O–H groups in total. The number of aromatic nitrogens is 4. The van der Waals surface area contributed by atoms with Crippen molar-refractivity contribution in [2.45, 2.75) is 19.4 Å². The third kappa shape index (κ3) is 3.78. The SMILES string of the molecule is CC1(C)CN(c2ccc(-n3ccc(=O)c(-c4ccnn4-c4ccccc4)n3)c(F)c2)C(=O)O1. The van der Waals surface area contributed by atoms with Gasteiger partial charge < -0.3 is 4.74 Å². The molecule has 0 atom stereocenters. The van der Waals surface area contributed by atoms with Crippen LogP contribution in [0, 0.1) is 5.82 Å². The van der Waals surface area contributed by atoms with Crippen molar-refractivity contribution in [3.05, 3.63) is 89.1 Å². The molecule has 3 heterocycles. The second kappa shape index (κ2) is 7.70. The minimum Gasteiger partial charge on any atom is -0.441 e. The number of anilines is 1. The monoisotopic (exact) mass is 445 g/mol. The number of cyclic esters (lactones) is 1. The van der Waals surface area contributed by atoms with E-state index in [1.54, 1.807) is 36.9 Å². The van der Waals surface area contributed by atoms with Gasteiger partial charge in [-0.25, -0.2) is 18.5 Å². The van der Waals surface area contributed by atoms with Crippen LogP contribution in [-0.4, -0.2) is 37.8 Å². The van der Waals surface area contributed by atoms with Crippen LogP contribution in [0.1, 0.15) is 13.8 Å². The highest BCUT2D eigenvalue weighted by Gasteiger charge is 2.38. The fraction of sp³-hybridized carbons (Fsp3) is 0.167. The van der Waals surface area contributed by atoms with E-state index in [-0.39, 0.29) is 16.8 Å². The highest BCUT2D eigenvalue weighted by molar-refractivity contribution is 5.90. The molecule has 5 rings (SSSR count). The van der Waals surface area contributed by atoms with Crippen molar-refractivity contribution in [2.75, 3.05) is 11.4 Å². The van der Waals surface area contributed by atoms with E-state index in [2.05, 4.69) is 10.2 Å². The van der Waals surface area contributed by atoms with Gasteiger partial charge in [-0.3, -0.25) is 9.69 Å². The molecule has 1 aliphatic heterocycles. The quantitative estimate of drug-likeness (QED) is 0.475. The Balaban J connectivity index is 1.53. The summed E-state index contributed by atoms with van der Waals surface area (Å²) >= 11 is 0. The average Bonchev–Trinajstić information content (AvgIpc) is 3.38. The zero-order chi connectivity index (χ0) is 23.2. The number of rotatable bonds is 4. The number of hydrogen-bond acceptors (Lipinski definition) is 5. The molecule has 1 saturated heterocycles. The number of nitrogens with zero attached hydrogens (tertiary/aromatic N) is 5. The Kier molecular flexibility index (Phi) is 4.81. The first-order chi connectivity index (χ1) is 15.8. The zero-order valence-corrected chi connectivity index (χ0v) is 18.0. The maximum Gasteiger partial charge on any atom is 0.415 e. The molecule has 0 radical (unpaired) electrons. The molecule has 33 heavy (non-hydrogen) atoms. The lowest BCUT2D eigenvalue weighted by Crippen LogP contribution is -2.28. The maximum absolute atomic E-state index is 15.1. The lowest BCUT2D eigenvalue weighted by atomic mass is 10.1. The summed E-state index contributed by atoms with van der Waals surface area (Å²) in [7, 11) is 0. The first-order valence-corrected chi connectivity index (χ1v) is 10.3. The number of benzene rings is 2. The van der Waals surface area contributed by atoms with Gasteiger partial charge in [0, 0.05) is 12.3 Å². The van der Waals surface area contributed by atoms with Gasteiger partial charge in [-0.1, -0.05) is 18.2 Å². The first-order valence-electron chi connectivity index (χ1n) is 10.3. The third-order valence-electron chi connectivity index (χ3n) is 5.31. The summed E-state index contributed by atoms with van der Waals surface area (Å²) in [4.78, 5) is 26.2. The van der Waals surface area contributed by atoms with Gasteiger partial charge in [0.05, 0.1) is 29.8 Å². The number of ether oxygens (including phenoxy) is 1. The van der Waals surface area contributed by atoms with Crippen LogP contribution < -0.4 is 10.3 Å². The molecule has 1 fully saturated rings. The van der Waals surface area contributed by atoms with Gasteiger partial charge in [0.1, 0.15) is 11.3 Å². The van der Waals surface area contributed by atoms with E-state index >= 15 is 4.39 Å². The number of carbonyl (C=O) groups excluding carboxylic acids is 1. The van der Waals surface area contributed by atoms with Crippen LogP contribution in [0.3, 0.4) is 0 Å². The fourth-order valence-electron chi connectivity index (χ4n) is 3.79. The van der Waals surface area contributed by atoms with Gasteiger partial charge >= 0.3 is 6.09 Å². The Hall–Kier alpha value is -4.27. The van der Waals surface area contributed by atoms with Crippen molar-refractivity contribution in [1.82, 2.24) is 19.6 Å². The molecular weight excluding hydrogens is 425 g/mol. The fourth-order valence-corrected chi connectivity index (χ4v) is 3.79. The predicted octanol–water partition coefficient (Wildman–Crippen LogP) is 3.96. The summed E-state index contributed by atoms with van der Waals surface area (Å²) in [5.74, 6) is -0.594. The second-order valence-corrected chi connectivity index (χ2v) is 8.29. The van der Waals surface area contributed by atoms with E-state index in [0.717, 1.165) is 5.69 Å². The van der Waals surface area contributed by atoms with Gasteiger partial charge in [0.15, 0.2) is 11.5 Å². The summed E-state index contributed by atoms with van der Waals surface area (Å²) in [6.07, 6.45) is 2.46. The Labute approximate surface area is 188 Å². The summed E-state index contributed by atoms with van der Waals surface area (Å²) in [6, 6.07) is 16.7. The number of halogens is 1. The van der Waals surface area contributed by atoms with Crippen molar-refractivity contribution < 1.29 is 13.9 Å². The largest absolute Gasteiger partial charge is 0.441 e. The number of amides is 1. The Morgan fingerprint density at radius 3 is 2.48 bits per heavy atom. The van der Waals surface area contributed by atoms with Crippen LogP contribution in [0.4, 0.5) is 14.9 Å². The summed E-state index contributed by atoms with van der Waals surface area (Å²) in [6.45, 7) is 3.90. The van der Waals surface area contributed by atoms with Crippen molar-refractivity contribution in [2.24, 2.45) is 0 Å². The van der Waals surface area contributed by atoms with E-state index in [4.69, 9.17) is 4.74 Å². The maximum atomic E-state index is 15.1. The minimum absolute atomic E-state index is 0.132. The summed E-state index contributed by atoms with van der Waals surface area (Å²) < 4.78 is 23.3. The van der Waals surface area contributed by atoms with E-state index in [0.29, 0.717) is 17.9 Å². The molecule has 8 nitrogen and oxygen atoms in total. The molecule has 4 aromatic rings. The van der Waals surface area contributed by atoms with E-state index < -0.39 is 17.5 Å². The Bertz CT molecular complexity index is 1410. The number of carbonyl (C=O) groups is 1. The van der Waals surface area contributed by atoms with Crippen LogP contribution in [0.2, 0.25) is 0 Å². The van der Waals surface area contributed by atoms with Crippen LogP contribution in [0.25, 0.3) is 22.8 Å². The van der Waals surface area contributed by atoms with Crippen molar-refractivity contribution >= 4 is 11.8 Å². The van der Waals surface area contributed by atoms with Crippen LogP contribution in [-0.2, 0) is 4.74 Å². The number of hydrogen-bond donors (Lipinski definition) is 0. The molecule has 0 unspecified atom stereocenters. The van der Waals surface area contributed by atoms with Crippen molar-refractivity contribution in [3.8, 4) is 22.8 Å². The third-order valence-corrected chi connectivity index (χ3v) is 5.31. The summed E-state index contributed by atoms with van der Waals surface area (Å²) in [5, 5.41) is 8.70. The number of para-hydroxylation sites is 1. The van der Waals surface area contributed by atoms with Crippen molar-refractivity contribution in [1.29, 1.82) is 0 Å². The predicted molar refractivity (Wildman–Crippen MR) is 120 cm³/mol. The van der Waals surface area contributed by atoms with Crippen molar-refractivity contribution in [3.63, 3.8) is 0 Å². The molecule has 166 valence electrons. The second-order valence-electron chi connectivity index (χ2n) is 8.29. The molecular formula is C24H20FN5O3. The molecule has 1 aliphatic rings. The standard InChI is InChI=1S/C24H20FN5O3/c1-24(2)15-28(23(32)33-24)17-8-9-19(18(25)14-17)29-13-11-21(31)22(27-29)20-10-12-26-30(20)16-6-4-3-5-7-16/h3-14H,15H2,1-2H3. The van der Waals surface area contributed by atoms with Gasteiger partial charge in [-0.2, -0.15) is 10.2 Å². The lowest BCUT2D eigenvalue weighted by molar-refractivity contribution is 0.0871. The van der Waals surface area contributed by atoms with Gasteiger partial charge in [-0.05, 0) is 50.2 Å². The smallest absolute Gasteiger partial charge is 0.415 e. The molecule has 2 aromatic heterocycles. The normalized spacial score (nSPS) is 15.0. The Morgan fingerprint density at radius 1 is 1.00 bits per heavy atom. The topological polar surface area (TPSA) is 82.3 Å². The highest BCUT2D eigenvalue weighted by Crippen LogP contribution is 2.29. The van der Waals surface area contributed by atoms with E-state index in [9.17, 15) is 9.59 Å². The summed E-state index contributed by atoms with van der Waals surface area (Å²) in [5.41, 5.74) is 0.941. The van der Waals surface area contributed by atoms with E-state index in [1.807, 2.05) is 30.3 Å². The lowest BCUT2D eigenvalue weighted by Gasteiger charge is -2.17. The van der Waals surface area contributed by atoms with Gasteiger partial charge in [0.25, 0.3) is 0 Å². The van der Waals surface area contributed by atoms with Crippen LogP contribution in [0.15, 0.2) is 77.9 Å². The van der Waals surface area contributed by atoms with Crippen LogP contribution in [0.5, 0.6) is 0 Å².